The van der Waals surface area contributed by atoms with Gasteiger partial charge in [-0.2, -0.15) is 13.2 Å². The van der Waals surface area contributed by atoms with Crippen LogP contribution < -0.4 is 10.1 Å². The SMILES string of the molecule is COc1ccc([C@H](N2CCNCC2)C(F)(F)F)cc1Br. The number of rotatable bonds is 3. The topological polar surface area (TPSA) is 24.5 Å². The van der Waals surface area contributed by atoms with Crippen LogP contribution in [0.25, 0.3) is 0 Å². The van der Waals surface area contributed by atoms with Crippen molar-refractivity contribution in [3.63, 3.8) is 0 Å². The van der Waals surface area contributed by atoms with Gasteiger partial charge in [0.1, 0.15) is 11.8 Å². The summed E-state index contributed by atoms with van der Waals surface area (Å²) in [6, 6.07) is 2.94. The molecule has 1 aromatic carbocycles. The fourth-order valence-electron chi connectivity index (χ4n) is 2.40. The molecule has 0 spiro atoms. The summed E-state index contributed by atoms with van der Waals surface area (Å²) in [6.45, 7) is 1.91. The minimum absolute atomic E-state index is 0.229. The van der Waals surface area contributed by atoms with Crippen molar-refractivity contribution in [2.45, 2.75) is 12.2 Å². The summed E-state index contributed by atoms with van der Waals surface area (Å²) in [4.78, 5) is 1.46. The molecule has 2 rings (SSSR count). The molecule has 1 N–H and O–H groups in total. The van der Waals surface area contributed by atoms with Crippen molar-refractivity contribution >= 4 is 15.9 Å². The number of alkyl halides is 3. The Morgan fingerprint density at radius 3 is 2.45 bits per heavy atom. The van der Waals surface area contributed by atoms with Crippen LogP contribution in [-0.2, 0) is 0 Å². The number of piperazine rings is 1. The van der Waals surface area contributed by atoms with Crippen LogP contribution in [0.3, 0.4) is 0 Å². The fraction of sp³-hybridized carbons (Fsp3) is 0.538. The van der Waals surface area contributed by atoms with Gasteiger partial charge in [0.25, 0.3) is 0 Å². The summed E-state index contributed by atoms with van der Waals surface area (Å²) in [6.07, 6.45) is -4.30. The van der Waals surface area contributed by atoms with Gasteiger partial charge >= 0.3 is 6.18 Å². The Morgan fingerprint density at radius 1 is 1.30 bits per heavy atom. The first-order valence-corrected chi connectivity index (χ1v) is 7.07. The third kappa shape index (κ3) is 3.45. The first-order valence-electron chi connectivity index (χ1n) is 6.28. The summed E-state index contributed by atoms with van der Waals surface area (Å²) in [5, 5.41) is 3.06. The highest BCUT2D eigenvalue weighted by atomic mass is 79.9. The summed E-state index contributed by atoms with van der Waals surface area (Å²) < 4.78 is 45.8. The molecule has 1 atom stereocenters. The number of benzene rings is 1. The summed E-state index contributed by atoms with van der Waals surface area (Å²) >= 11 is 3.24. The highest BCUT2D eigenvalue weighted by molar-refractivity contribution is 9.10. The van der Waals surface area contributed by atoms with Gasteiger partial charge in [0.2, 0.25) is 0 Å². The molecule has 0 radical (unpaired) electrons. The molecule has 1 saturated heterocycles. The lowest BCUT2D eigenvalue weighted by atomic mass is 10.0. The third-order valence-electron chi connectivity index (χ3n) is 3.32. The predicted molar refractivity (Wildman–Crippen MR) is 73.9 cm³/mol. The Morgan fingerprint density at radius 2 is 1.95 bits per heavy atom. The lowest BCUT2D eigenvalue weighted by molar-refractivity contribution is -0.187. The van der Waals surface area contributed by atoms with E-state index in [1.165, 1.54) is 24.1 Å². The van der Waals surface area contributed by atoms with Crippen molar-refractivity contribution < 1.29 is 17.9 Å². The van der Waals surface area contributed by atoms with Crippen LogP contribution in [0.4, 0.5) is 13.2 Å². The number of nitrogens with one attached hydrogen (secondary N) is 1. The smallest absolute Gasteiger partial charge is 0.408 e. The lowest BCUT2D eigenvalue weighted by Crippen LogP contribution is -2.49. The molecule has 1 heterocycles. The predicted octanol–water partition coefficient (Wildman–Crippen LogP) is 2.97. The van der Waals surface area contributed by atoms with Crippen LogP contribution in [0, 0.1) is 0 Å². The Bertz CT molecular complexity index is 461. The third-order valence-corrected chi connectivity index (χ3v) is 3.94. The van der Waals surface area contributed by atoms with Gasteiger partial charge in [0.15, 0.2) is 0 Å². The van der Waals surface area contributed by atoms with E-state index in [-0.39, 0.29) is 5.56 Å². The first-order chi connectivity index (χ1) is 9.43. The molecule has 1 aromatic rings. The van der Waals surface area contributed by atoms with Crippen LogP contribution in [0.5, 0.6) is 5.75 Å². The first kappa shape index (κ1) is 15.6. The molecular formula is C13H16BrF3N2O. The van der Waals surface area contributed by atoms with Gasteiger partial charge in [-0.25, -0.2) is 0 Å². The molecule has 0 aliphatic carbocycles. The van der Waals surface area contributed by atoms with Gasteiger partial charge in [-0.3, -0.25) is 4.90 Å². The highest BCUT2D eigenvalue weighted by Crippen LogP contribution is 2.40. The fourth-order valence-corrected chi connectivity index (χ4v) is 2.96. The molecule has 112 valence electrons. The zero-order valence-electron chi connectivity index (χ0n) is 11.0. The van der Waals surface area contributed by atoms with Crippen molar-refractivity contribution in [3.8, 4) is 5.75 Å². The van der Waals surface area contributed by atoms with E-state index >= 15 is 0 Å². The molecule has 20 heavy (non-hydrogen) atoms. The largest absolute Gasteiger partial charge is 0.496 e. The minimum Gasteiger partial charge on any atom is -0.496 e. The Kier molecular flexibility index (Phi) is 4.93. The Hall–Kier alpha value is -0.790. The van der Waals surface area contributed by atoms with Crippen LogP contribution in [0.2, 0.25) is 0 Å². The van der Waals surface area contributed by atoms with Crippen molar-refractivity contribution in [2.75, 3.05) is 33.3 Å². The molecule has 0 aromatic heterocycles. The maximum atomic E-state index is 13.4. The molecule has 0 amide bonds. The van der Waals surface area contributed by atoms with Crippen LogP contribution in [-0.4, -0.2) is 44.4 Å². The second-order valence-electron chi connectivity index (χ2n) is 4.62. The number of halogens is 4. The number of hydrogen-bond acceptors (Lipinski definition) is 3. The van der Waals surface area contributed by atoms with Crippen LogP contribution in [0.1, 0.15) is 11.6 Å². The molecule has 0 saturated carbocycles. The minimum atomic E-state index is -4.30. The quantitative estimate of drug-likeness (QED) is 0.904. The van der Waals surface area contributed by atoms with Crippen molar-refractivity contribution in [3.05, 3.63) is 28.2 Å². The van der Waals surface area contributed by atoms with E-state index in [2.05, 4.69) is 21.2 Å². The highest BCUT2D eigenvalue weighted by Gasteiger charge is 2.45. The second-order valence-corrected chi connectivity index (χ2v) is 5.48. The number of methoxy groups -OCH3 is 1. The average Bonchev–Trinajstić information content (AvgIpc) is 2.39. The van der Waals surface area contributed by atoms with Crippen LogP contribution >= 0.6 is 15.9 Å². The Balaban J connectivity index is 2.33. The molecule has 3 nitrogen and oxygen atoms in total. The summed E-state index contributed by atoms with van der Waals surface area (Å²) in [5.41, 5.74) is 0.229. The zero-order chi connectivity index (χ0) is 14.8. The van der Waals surface area contributed by atoms with Gasteiger partial charge in [0.05, 0.1) is 11.6 Å². The van der Waals surface area contributed by atoms with Gasteiger partial charge in [0, 0.05) is 26.2 Å². The average molecular weight is 353 g/mol. The molecule has 7 heteroatoms. The number of ether oxygens (including phenoxy) is 1. The number of nitrogens with zero attached hydrogens (tertiary/aromatic N) is 1. The molecule has 1 fully saturated rings. The number of hydrogen-bond donors (Lipinski definition) is 1. The lowest BCUT2D eigenvalue weighted by Gasteiger charge is -2.36. The van der Waals surface area contributed by atoms with E-state index in [1.54, 1.807) is 6.07 Å². The van der Waals surface area contributed by atoms with Gasteiger partial charge in [-0.05, 0) is 33.6 Å². The van der Waals surface area contributed by atoms with Gasteiger partial charge in [-0.1, -0.05) is 6.07 Å². The normalized spacial score (nSPS) is 18.9. The van der Waals surface area contributed by atoms with Crippen molar-refractivity contribution in [1.82, 2.24) is 10.2 Å². The second kappa shape index (κ2) is 6.32. The van der Waals surface area contributed by atoms with E-state index in [0.29, 0.717) is 36.4 Å². The van der Waals surface area contributed by atoms with E-state index in [4.69, 9.17) is 4.74 Å². The molecule has 0 bridgehead atoms. The van der Waals surface area contributed by atoms with Gasteiger partial charge in [-0.15, -0.1) is 0 Å². The maximum Gasteiger partial charge on any atom is 0.408 e. The standard InChI is InChI=1S/C13H16BrF3N2O/c1-20-11-3-2-9(8-10(11)14)12(13(15,16)17)19-6-4-18-5-7-19/h2-3,8,12,18H,4-7H2,1H3/t12-/m0/s1. The van der Waals surface area contributed by atoms with Gasteiger partial charge < -0.3 is 10.1 Å². The monoisotopic (exact) mass is 352 g/mol. The van der Waals surface area contributed by atoms with E-state index in [0.717, 1.165) is 0 Å². The molecule has 1 aliphatic rings. The van der Waals surface area contributed by atoms with E-state index in [9.17, 15) is 13.2 Å². The van der Waals surface area contributed by atoms with E-state index in [1.807, 2.05) is 0 Å². The van der Waals surface area contributed by atoms with Crippen molar-refractivity contribution in [2.24, 2.45) is 0 Å². The molecular weight excluding hydrogens is 337 g/mol. The molecule has 0 unspecified atom stereocenters. The maximum absolute atomic E-state index is 13.4. The van der Waals surface area contributed by atoms with Crippen LogP contribution in [0.15, 0.2) is 22.7 Å². The van der Waals surface area contributed by atoms with Crippen molar-refractivity contribution in [1.29, 1.82) is 0 Å². The van der Waals surface area contributed by atoms with E-state index < -0.39 is 12.2 Å². The molecule has 1 aliphatic heterocycles. The zero-order valence-corrected chi connectivity index (χ0v) is 12.6. The summed E-state index contributed by atoms with van der Waals surface area (Å²) in [5.74, 6) is 0.523. The summed E-state index contributed by atoms with van der Waals surface area (Å²) in [7, 11) is 1.48. The Labute approximate surface area is 124 Å².